The predicted molar refractivity (Wildman–Crippen MR) is 70.6 cm³/mol. The Morgan fingerprint density at radius 2 is 2.19 bits per heavy atom. The van der Waals surface area contributed by atoms with Crippen molar-refractivity contribution in [1.29, 1.82) is 0 Å². The van der Waals surface area contributed by atoms with Gasteiger partial charge in [-0.2, -0.15) is 0 Å². The number of anilines is 1. The van der Waals surface area contributed by atoms with Crippen molar-refractivity contribution in [2.45, 2.75) is 13.0 Å². The highest BCUT2D eigenvalue weighted by Crippen LogP contribution is 2.29. The Morgan fingerprint density at radius 1 is 1.38 bits per heavy atom. The first kappa shape index (κ1) is 11.7. The maximum Gasteiger partial charge on any atom is 0.115 e. The largest absolute Gasteiger partial charge is 0.375 e. The van der Waals surface area contributed by atoms with Crippen LogP contribution in [-0.4, -0.2) is 4.98 Å². The molecule has 0 aliphatic heterocycles. The summed E-state index contributed by atoms with van der Waals surface area (Å²) in [7, 11) is 0. The molecule has 2 aromatic rings. The zero-order valence-electron chi connectivity index (χ0n) is 8.58. The van der Waals surface area contributed by atoms with E-state index in [2.05, 4.69) is 10.3 Å². The molecule has 0 spiro atoms. The Kier molecular flexibility index (Phi) is 3.69. The molecule has 0 fully saturated rings. The van der Waals surface area contributed by atoms with Gasteiger partial charge in [0, 0.05) is 16.6 Å². The lowest BCUT2D eigenvalue weighted by Crippen LogP contribution is -2.06. The number of rotatable bonds is 3. The molecule has 0 aliphatic rings. The highest BCUT2D eigenvalue weighted by Gasteiger charge is 2.09. The van der Waals surface area contributed by atoms with Crippen LogP contribution in [0.2, 0.25) is 10.0 Å². The normalized spacial score (nSPS) is 12.4. The summed E-state index contributed by atoms with van der Waals surface area (Å²) in [6.45, 7) is 2.04. The molecular formula is C11H10Cl2N2S. The van der Waals surface area contributed by atoms with E-state index in [1.165, 1.54) is 0 Å². The van der Waals surface area contributed by atoms with Crippen LogP contribution in [0.3, 0.4) is 0 Å². The zero-order valence-corrected chi connectivity index (χ0v) is 10.9. The zero-order chi connectivity index (χ0) is 11.5. The first-order valence-corrected chi connectivity index (χ1v) is 6.41. The summed E-state index contributed by atoms with van der Waals surface area (Å²) in [6.07, 6.45) is 1.79. The lowest BCUT2D eigenvalue weighted by atomic mass is 10.2. The molecule has 0 saturated heterocycles. The quantitative estimate of drug-likeness (QED) is 0.882. The predicted octanol–water partition coefficient (Wildman–Crippen LogP) is 4.62. The van der Waals surface area contributed by atoms with E-state index in [-0.39, 0.29) is 6.04 Å². The average molecular weight is 273 g/mol. The Bertz CT molecular complexity index is 471. The number of nitrogens with one attached hydrogen (secondary N) is 1. The smallest absolute Gasteiger partial charge is 0.115 e. The van der Waals surface area contributed by atoms with Crippen LogP contribution in [-0.2, 0) is 0 Å². The van der Waals surface area contributed by atoms with Gasteiger partial charge in [0.2, 0.25) is 0 Å². The summed E-state index contributed by atoms with van der Waals surface area (Å²) in [5.74, 6) is 0. The van der Waals surface area contributed by atoms with Crippen LogP contribution in [0.1, 0.15) is 18.0 Å². The van der Waals surface area contributed by atoms with Crippen molar-refractivity contribution in [3.8, 4) is 0 Å². The minimum Gasteiger partial charge on any atom is -0.375 e. The molecule has 0 bridgehead atoms. The van der Waals surface area contributed by atoms with E-state index in [0.717, 1.165) is 10.7 Å². The van der Waals surface area contributed by atoms with Gasteiger partial charge in [0.1, 0.15) is 5.01 Å². The van der Waals surface area contributed by atoms with E-state index in [9.17, 15) is 0 Å². The average Bonchev–Trinajstić information content (AvgIpc) is 2.76. The molecule has 1 atom stereocenters. The van der Waals surface area contributed by atoms with Gasteiger partial charge in [0.05, 0.1) is 16.8 Å². The monoisotopic (exact) mass is 272 g/mol. The van der Waals surface area contributed by atoms with Gasteiger partial charge in [0.15, 0.2) is 0 Å². The summed E-state index contributed by atoms with van der Waals surface area (Å²) >= 11 is 13.6. The molecule has 1 aromatic heterocycles. The van der Waals surface area contributed by atoms with Crippen molar-refractivity contribution in [1.82, 2.24) is 4.98 Å². The Morgan fingerprint density at radius 3 is 2.88 bits per heavy atom. The summed E-state index contributed by atoms with van der Waals surface area (Å²) < 4.78 is 0. The fourth-order valence-electron chi connectivity index (χ4n) is 1.35. The summed E-state index contributed by atoms with van der Waals surface area (Å²) in [4.78, 5) is 4.24. The van der Waals surface area contributed by atoms with Crippen molar-refractivity contribution in [2.75, 3.05) is 5.32 Å². The van der Waals surface area contributed by atoms with Crippen molar-refractivity contribution < 1.29 is 0 Å². The second-order valence-electron chi connectivity index (χ2n) is 3.36. The number of benzene rings is 1. The van der Waals surface area contributed by atoms with Crippen LogP contribution < -0.4 is 5.32 Å². The van der Waals surface area contributed by atoms with Crippen LogP contribution in [0.4, 0.5) is 5.69 Å². The highest BCUT2D eigenvalue weighted by atomic mass is 35.5. The first-order valence-electron chi connectivity index (χ1n) is 4.78. The van der Waals surface area contributed by atoms with Gasteiger partial charge in [-0.15, -0.1) is 11.3 Å². The van der Waals surface area contributed by atoms with Crippen molar-refractivity contribution in [3.05, 3.63) is 44.8 Å². The second kappa shape index (κ2) is 5.04. The van der Waals surface area contributed by atoms with Crippen LogP contribution >= 0.6 is 34.5 Å². The van der Waals surface area contributed by atoms with Crippen molar-refractivity contribution in [2.24, 2.45) is 0 Å². The number of aromatic nitrogens is 1. The molecule has 84 valence electrons. The molecule has 1 unspecified atom stereocenters. The fourth-order valence-corrected chi connectivity index (χ4v) is 2.34. The molecule has 2 nitrogen and oxygen atoms in total. The van der Waals surface area contributed by atoms with Crippen LogP contribution in [0.15, 0.2) is 29.8 Å². The van der Waals surface area contributed by atoms with Crippen molar-refractivity contribution >= 4 is 40.2 Å². The van der Waals surface area contributed by atoms with E-state index in [0.29, 0.717) is 10.0 Å². The summed E-state index contributed by atoms with van der Waals surface area (Å²) in [6, 6.07) is 5.48. The highest BCUT2D eigenvalue weighted by molar-refractivity contribution is 7.09. The van der Waals surface area contributed by atoms with E-state index in [1.54, 1.807) is 29.7 Å². The third-order valence-electron chi connectivity index (χ3n) is 2.12. The van der Waals surface area contributed by atoms with Crippen LogP contribution in [0, 0.1) is 0 Å². The number of hydrogen-bond donors (Lipinski definition) is 1. The molecule has 1 N–H and O–H groups in total. The lowest BCUT2D eigenvalue weighted by molar-refractivity contribution is 0.870. The standard InChI is InChI=1S/C11H10Cl2N2S/c1-7(11-14-4-5-16-11)15-10-6-8(12)2-3-9(10)13/h2-7,15H,1H3. The van der Waals surface area contributed by atoms with Gasteiger partial charge in [0.25, 0.3) is 0 Å². The molecule has 2 rings (SSSR count). The minimum atomic E-state index is 0.121. The lowest BCUT2D eigenvalue weighted by Gasteiger charge is -2.14. The van der Waals surface area contributed by atoms with E-state index in [4.69, 9.17) is 23.2 Å². The number of nitrogens with zero attached hydrogens (tertiary/aromatic N) is 1. The van der Waals surface area contributed by atoms with Gasteiger partial charge < -0.3 is 5.32 Å². The molecule has 16 heavy (non-hydrogen) atoms. The molecular weight excluding hydrogens is 263 g/mol. The topological polar surface area (TPSA) is 24.9 Å². The second-order valence-corrected chi connectivity index (χ2v) is 5.13. The number of halogens is 2. The molecule has 0 amide bonds. The number of hydrogen-bond acceptors (Lipinski definition) is 3. The first-order chi connectivity index (χ1) is 7.66. The molecule has 1 aromatic carbocycles. The van der Waals surface area contributed by atoms with E-state index < -0.39 is 0 Å². The molecule has 0 aliphatic carbocycles. The summed E-state index contributed by atoms with van der Waals surface area (Å²) in [5.41, 5.74) is 0.830. The van der Waals surface area contributed by atoms with Crippen LogP contribution in [0.25, 0.3) is 0 Å². The van der Waals surface area contributed by atoms with Gasteiger partial charge >= 0.3 is 0 Å². The fraction of sp³-hybridized carbons (Fsp3) is 0.182. The third kappa shape index (κ3) is 2.67. The third-order valence-corrected chi connectivity index (χ3v) is 3.65. The molecule has 0 radical (unpaired) electrons. The van der Waals surface area contributed by atoms with E-state index in [1.807, 2.05) is 18.4 Å². The minimum absolute atomic E-state index is 0.121. The van der Waals surface area contributed by atoms with Gasteiger partial charge in [-0.05, 0) is 25.1 Å². The van der Waals surface area contributed by atoms with E-state index >= 15 is 0 Å². The Hall–Kier alpha value is -0.770. The van der Waals surface area contributed by atoms with Crippen LogP contribution in [0.5, 0.6) is 0 Å². The van der Waals surface area contributed by atoms with Gasteiger partial charge in [-0.3, -0.25) is 0 Å². The Balaban J connectivity index is 2.17. The maximum atomic E-state index is 6.06. The summed E-state index contributed by atoms with van der Waals surface area (Å²) in [5, 5.41) is 7.59. The molecule has 0 saturated carbocycles. The SMILES string of the molecule is CC(Nc1cc(Cl)ccc1Cl)c1nccs1. The van der Waals surface area contributed by atoms with Crippen molar-refractivity contribution in [3.63, 3.8) is 0 Å². The van der Waals surface area contributed by atoms with Gasteiger partial charge in [-0.25, -0.2) is 4.98 Å². The maximum absolute atomic E-state index is 6.06. The number of thiazole rings is 1. The Labute approximate surface area is 108 Å². The molecule has 5 heteroatoms. The van der Waals surface area contributed by atoms with Gasteiger partial charge in [-0.1, -0.05) is 23.2 Å². The molecule has 1 heterocycles.